The lowest BCUT2D eigenvalue weighted by Gasteiger charge is -2.22. The van der Waals surface area contributed by atoms with Gasteiger partial charge in [-0.05, 0) is 19.3 Å². The van der Waals surface area contributed by atoms with E-state index in [4.69, 9.17) is 9.47 Å². The second-order valence-electron chi connectivity index (χ2n) is 5.91. The van der Waals surface area contributed by atoms with E-state index in [-0.39, 0.29) is 12.1 Å². The first kappa shape index (κ1) is 17.5. The lowest BCUT2D eigenvalue weighted by Crippen LogP contribution is -2.27. The molecule has 0 spiro atoms. The Morgan fingerprint density at radius 1 is 1.05 bits per heavy atom. The minimum Gasteiger partial charge on any atom is -0.460 e. The number of ether oxygens (including phenoxy) is 2. The van der Waals surface area contributed by atoms with Crippen molar-refractivity contribution in [3.63, 3.8) is 0 Å². The average Bonchev–Trinajstić information content (AvgIpc) is 2.46. The van der Waals surface area contributed by atoms with Gasteiger partial charge in [0.15, 0.2) is 0 Å². The summed E-state index contributed by atoms with van der Waals surface area (Å²) in [6, 6.07) is 0. The lowest BCUT2D eigenvalue weighted by molar-refractivity contribution is -0.155. The molecule has 0 saturated carbocycles. The van der Waals surface area contributed by atoms with Crippen molar-refractivity contribution in [1.82, 2.24) is 0 Å². The van der Waals surface area contributed by atoms with E-state index in [0.717, 1.165) is 32.3 Å². The van der Waals surface area contributed by atoms with Gasteiger partial charge in [-0.3, -0.25) is 4.79 Å². The van der Waals surface area contributed by atoms with Crippen LogP contribution in [0.1, 0.15) is 84.0 Å². The highest BCUT2D eigenvalue weighted by Crippen LogP contribution is 2.13. The summed E-state index contributed by atoms with van der Waals surface area (Å²) in [5.74, 6) is -0.0385. The zero-order valence-electron chi connectivity index (χ0n) is 13.2. The van der Waals surface area contributed by atoms with Gasteiger partial charge < -0.3 is 9.47 Å². The SMILES string of the molecule is CCCCCCCCCCCC(=O)OC1CCCOC1. The first-order chi connectivity index (χ1) is 9.83. The van der Waals surface area contributed by atoms with Crippen LogP contribution in [0.25, 0.3) is 0 Å². The van der Waals surface area contributed by atoms with Gasteiger partial charge in [0.1, 0.15) is 6.10 Å². The van der Waals surface area contributed by atoms with Crippen LogP contribution in [0.5, 0.6) is 0 Å². The summed E-state index contributed by atoms with van der Waals surface area (Å²) < 4.78 is 10.7. The summed E-state index contributed by atoms with van der Waals surface area (Å²) in [5.41, 5.74) is 0. The van der Waals surface area contributed by atoms with E-state index in [1.54, 1.807) is 0 Å². The quantitative estimate of drug-likeness (QED) is 0.410. The molecular weight excluding hydrogens is 252 g/mol. The van der Waals surface area contributed by atoms with Crippen molar-refractivity contribution in [1.29, 1.82) is 0 Å². The third-order valence-corrected chi connectivity index (χ3v) is 3.90. The van der Waals surface area contributed by atoms with Crippen molar-refractivity contribution in [2.75, 3.05) is 13.2 Å². The van der Waals surface area contributed by atoms with Crippen molar-refractivity contribution in [3.05, 3.63) is 0 Å². The monoisotopic (exact) mass is 284 g/mol. The highest BCUT2D eigenvalue weighted by molar-refractivity contribution is 5.69. The second-order valence-corrected chi connectivity index (χ2v) is 5.91. The molecule has 0 aromatic heterocycles. The molecule has 1 unspecified atom stereocenters. The van der Waals surface area contributed by atoms with Crippen molar-refractivity contribution in [2.45, 2.75) is 90.1 Å². The van der Waals surface area contributed by atoms with Gasteiger partial charge in [0.25, 0.3) is 0 Å². The zero-order valence-corrected chi connectivity index (χ0v) is 13.2. The fraction of sp³-hybridized carbons (Fsp3) is 0.941. The van der Waals surface area contributed by atoms with E-state index in [1.165, 1.54) is 44.9 Å². The number of carbonyl (C=O) groups excluding carboxylic acids is 1. The standard InChI is InChI=1S/C17H32O3/c1-2-3-4-5-6-7-8-9-10-13-17(18)20-16-12-11-14-19-15-16/h16H,2-15H2,1H3. The van der Waals surface area contributed by atoms with E-state index in [9.17, 15) is 4.79 Å². The Kier molecular flexibility index (Phi) is 10.7. The first-order valence-corrected chi connectivity index (χ1v) is 8.60. The fourth-order valence-corrected chi connectivity index (χ4v) is 2.63. The number of rotatable bonds is 11. The number of hydrogen-bond acceptors (Lipinski definition) is 3. The minimum absolute atomic E-state index is 0.00909. The number of hydrogen-bond donors (Lipinski definition) is 0. The number of unbranched alkanes of at least 4 members (excludes halogenated alkanes) is 8. The molecule has 1 aliphatic rings. The van der Waals surface area contributed by atoms with Gasteiger partial charge in [0.2, 0.25) is 0 Å². The summed E-state index contributed by atoms with van der Waals surface area (Å²) in [6.45, 7) is 3.65. The van der Waals surface area contributed by atoms with Gasteiger partial charge in [-0.15, -0.1) is 0 Å². The van der Waals surface area contributed by atoms with Crippen LogP contribution in [0.3, 0.4) is 0 Å². The Balaban J connectivity index is 1.84. The molecule has 1 fully saturated rings. The topological polar surface area (TPSA) is 35.5 Å². The molecule has 1 saturated heterocycles. The predicted octanol–water partition coefficient (Wildman–Crippen LogP) is 4.63. The molecule has 1 atom stereocenters. The molecule has 1 heterocycles. The van der Waals surface area contributed by atoms with Gasteiger partial charge in [-0.1, -0.05) is 58.3 Å². The van der Waals surface area contributed by atoms with Gasteiger partial charge in [0, 0.05) is 13.0 Å². The molecule has 0 amide bonds. The van der Waals surface area contributed by atoms with Gasteiger partial charge in [-0.2, -0.15) is 0 Å². The highest BCUT2D eigenvalue weighted by atomic mass is 16.6. The van der Waals surface area contributed by atoms with Crippen LogP contribution in [0.4, 0.5) is 0 Å². The van der Waals surface area contributed by atoms with Crippen molar-refractivity contribution >= 4 is 5.97 Å². The Hall–Kier alpha value is -0.570. The third kappa shape index (κ3) is 9.35. The molecular formula is C17H32O3. The predicted molar refractivity (Wildman–Crippen MR) is 81.8 cm³/mol. The molecule has 3 nitrogen and oxygen atoms in total. The summed E-state index contributed by atoms with van der Waals surface area (Å²) in [6.07, 6.45) is 14.0. The van der Waals surface area contributed by atoms with Crippen LogP contribution in [-0.2, 0) is 14.3 Å². The molecule has 0 radical (unpaired) electrons. The molecule has 0 aromatic carbocycles. The largest absolute Gasteiger partial charge is 0.460 e. The van der Waals surface area contributed by atoms with Crippen LogP contribution in [-0.4, -0.2) is 25.3 Å². The van der Waals surface area contributed by atoms with Gasteiger partial charge in [-0.25, -0.2) is 0 Å². The zero-order chi connectivity index (χ0) is 14.5. The average molecular weight is 284 g/mol. The molecule has 0 bridgehead atoms. The Labute approximate surface area is 124 Å². The van der Waals surface area contributed by atoms with E-state index < -0.39 is 0 Å². The van der Waals surface area contributed by atoms with Crippen LogP contribution < -0.4 is 0 Å². The maximum atomic E-state index is 11.6. The van der Waals surface area contributed by atoms with Crippen LogP contribution in [0.2, 0.25) is 0 Å². The molecule has 3 heteroatoms. The Morgan fingerprint density at radius 3 is 2.30 bits per heavy atom. The van der Waals surface area contributed by atoms with Crippen LogP contribution >= 0.6 is 0 Å². The number of esters is 1. The van der Waals surface area contributed by atoms with Crippen molar-refractivity contribution in [3.8, 4) is 0 Å². The highest BCUT2D eigenvalue weighted by Gasteiger charge is 2.17. The van der Waals surface area contributed by atoms with Crippen molar-refractivity contribution in [2.24, 2.45) is 0 Å². The first-order valence-electron chi connectivity index (χ1n) is 8.60. The maximum absolute atomic E-state index is 11.6. The molecule has 118 valence electrons. The molecule has 20 heavy (non-hydrogen) atoms. The molecule has 0 N–H and O–H groups in total. The van der Waals surface area contributed by atoms with Gasteiger partial charge in [0.05, 0.1) is 6.61 Å². The van der Waals surface area contributed by atoms with Crippen molar-refractivity contribution < 1.29 is 14.3 Å². The van der Waals surface area contributed by atoms with E-state index >= 15 is 0 Å². The summed E-state index contributed by atoms with van der Waals surface area (Å²) in [5, 5.41) is 0. The number of carbonyl (C=O) groups is 1. The van der Waals surface area contributed by atoms with Crippen LogP contribution in [0.15, 0.2) is 0 Å². The second kappa shape index (κ2) is 12.2. The molecule has 0 aliphatic carbocycles. The Morgan fingerprint density at radius 2 is 1.70 bits per heavy atom. The van der Waals surface area contributed by atoms with Gasteiger partial charge >= 0.3 is 5.97 Å². The molecule has 0 aromatic rings. The normalized spacial score (nSPS) is 18.9. The Bertz CT molecular complexity index is 234. The molecule has 1 aliphatic heterocycles. The lowest BCUT2D eigenvalue weighted by atomic mass is 10.1. The minimum atomic E-state index is -0.0385. The summed E-state index contributed by atoms with van der Waals surface area (Å²) in [4.78, 5) is 11.6. The maximum Gasteiger partial charge on any atom is 0.306 e. The summed E-state index contributed by atoms with van der Waals surface area (Å²) in [7, 11) is 0. The van der Waals surface area contributed by atoms with E-state index in [1.807, 2.05) is 0 Å². The fourth-order valence-electron chi connectivity index (χ4n) is 2.63. The smallest absolute Gasteiger partial charge is 0.306 e. The summed E-state index contributed by atoms with van der Waals surface area (Å²) >= 11 is 0. The third-order valence-electron chi connectivity index (χ3n) is 3.90. The molecule has 1 rings (SSSR count). The van der Waals surface area contributed by atoms with E-state index in [2.05, 4.69) is 6.92 Å². The van der Waals surface area contributed by atoms with Crippen LogP contribution in [0, 0.1) is 0 Å². The van der Waals surface area contributed by atoms with E-state index in [0.29, 0.717) is 13.0 Å².